The Morgan fingerprint density at radius 1 is 0.833 bits per heavy atom. The van der Waals surface area contributed by atoms with E-state index in [2.05, 4.69) is 5.32 Å². The van der Waals surface area contributed by atoms with Crippen LogP contribution in [0.3, 0.4) is 0 Å². The maximum atomic E-state index is 14.3. The number of imide groups is 1. The lowest BCUT2D eigenvalue weighted by Crippen LogP contribution is -2.56. The number of carbonyl (C=O) groups excluding carboxylic acids is 7. The van der Waals surface area contributed by atoms with E-state index in [1.165, 1.54) is 12.0 Å². The zero-order valence-corrected chi connectivity index (χ0v) is 29.1. The molecule has 1 saturated heterocycles. The van der Waals surface area contributed by atoms with Crippen LogP contribution in [-0.4, -0.2) is 105 Å². The second-order valence-corrected chi connectivity index (χ2v) is 14.5. The fraction of sp³-hybridized carbons (Fsp3) is 0.367. The molecule has 0 atom stereocenters. The van der Waals surface area contributed by atoms with Gasteiger partial charge in [0, 0.05) is 16.0 Å². The Kier molecular flexibility index (Phi) is 9.37. The number of thioether (sulfide) groups is 3. The number of anilines is 1. The summed E-state index contributed by atoms with van der Waals surface area (Å²) < 4.78 is 24.2. The molecule has 0 aliphatic carbocycles. The molecular formula is C30H29N3O12S3. The normalized spacial score (nSPS) is 19.1. The van der Waals surface area contributed by atoms with E-state index >= 15 is 0 Å². The van der Waals surface area contributed by atoms with Crippen LogP contribution in [0.1, 0.15) is 19.4 Å². The molecule has 1 aromatic carbocycles. The molecule has 1 fully saturated rings. The van der Waals surface area contributed by atoms with Crippen LogP contribution in [0, 0.1) is 0 Å². The first-order valence-corrected chi connectivity index (χ1v) is 16.4. The number of nitrogens with zero attached hydrogens (tertiary/aromatic N) is 2. The predicted molar refractivity (Wildman–Crippen MR) is 174 cm³/mol. The second-order valence-electron chi connectivity index (χ2n) is 10.7. The van der Waals surface area contributed by atoms with Gasteiger partial charge < -0.3 is 29.0 Å². The summed E-state index contributed by atoms with van der Waals surface area (Å²) in [5, 5.41) is 2.39. The molecule has 0 radical (unpaired) electrons. The minimum atomic E-state index is -1.79. The highest BCUT2D eigenvalue weighted by atomic mass is 32.2. The molecule has 48 heavy (non-hydrogen) atoms. The average molecular weight is 720 g/mol. The summed E-state index contributed by atoms with van der Waals surface area (Å²) in [5.41, 5.74) is -0.762. The van der Waals surface area contributed by atoms with Crippen LogP contribution in [0.25, 0.3) is 5.57 Å². The molecule has 4 amide bonds. The van der Waals surface area contributed by atoms with Gasteiger partial charge in [-0.15, -0.1) is 0 Å². The van der Waals surface area contributed by atoms with Crippen molar-refractivity contribution in [2.24, 2.45) is 0 Å². The number of hydrogen-bond donors (Lipinski definition) is 1. The van der Waals surface area contributed by atoms with Crippen LogP contribution in [0.5, 0.6) is 5.75 Å². The third-order valence-corrected chi connectivity index (χ3v) is 12.5. The third kappa shape index (κ3) is 5.22. The quantitative estimate of drug-likeness (QED) is 0.246. The Morgan fingerprint density at radius 3 is 1.90 bits per heavy atom. The highest BCUT2D eigenvalue weighted by Gasteiger charge is 2.62. The number of urea groups is 1. The van der Waals surface area contributed by atoms with Crippen molar-refractivity contribution >= 4 is 88.3 Å². The molecule has 0 bridgehead atoms. The zero-order chi connectivity index (χ0) is 35.3. The summed E-state index contributed by atoms with van der Waals surface area (Å²) >= 11 is 2.41. The Morgan fingerprint density at radius 2 is 1.40 bits per heavy atom. The minimum Gasteiger partial charge on any atom is -0.495 e. The lowest BCUT2D eigenvalue weighted by Gasteiger charge is -2.51. The van der Waals surface area contributed by atoms with E-state index in [-0.39, 0.29) is 38.3 Å². The van der Waals surface area contributed by atoms with Crippen LogP contribution in [0.2, 0.25) is 0 Å². The number of methoxy groups -OCH3 is 5. The first kappa shape index (κ1) is 34.9. The first-order valence-electron chi connectivity index (χ1n) is 14.0. The molecular weight excluding hydrogens is 691 g/mol. The number of esters is 4. The molecule has 18 heteroatoms. The summed E-state index contributed by atoms with van der Waals surface area (Å²) in [4.78, 5) is 94.7. The Bertz CT molecular complexity index is 1750. The van der Waals surface area contributed by atoms with Crippen LogP contribution in [0.4, 0.5) is 10.5 Å². The van der Waals surface area contributed by atoms with E-state index in [1.807, 2.05) is 0 Å². The van der Waals surface area contributed by atoms with Gasteiger partial charge in [-0.1, -0.05) is 47.4 Å². The number of nitrogens with one attached hydrogen (secondary N) is 1. The van der Waals surface area contributed by atoms with Gasteiger partial charge in [-0.25, -0.2) is 24.0 Å². The second kappa shape index (κ2) is 12.9. The van der Waals surface area contributed by atoms with Gasteiger partial charge in [-0.05, 0) is 19.9 Å². The van der Waals surface area contributed by atoms with Crippen LogP contribution >= 0.6 is 35.3 Å². The number of hydrogen-bond acceptors (Lipinski definition) is 15. The average Bonchev–Trinajstić information content (AvgIpc) is 3.62. The van der Waals surface area contributed by atoms with E-state index < -0.39 is 57.9 Å². The summed E-state index contributed by atoms with van der Waals surface area (Å²) in [6.45, 7) is 2.45. The highest BCUT2D eigenvalue weighted by molar-refractivity contribution is 8.26. The third-order valence-electron chi connectivity index (χ3n) is 7.82. The molecule has 4 heterocycles. The molecule has 1 spiro atoms. The van der Waals surface area contributed by atoms with E-state index in [0.717, 1.165) is 68.6 Å². The molecule has 4 aliphatic heterocycles. The number of rotatable bonds is 7. The molecule has 1 aromatic rings. The van der Waals surface area contributed by atoms with Gasteiger partial charge in [0.1, 0.15) is 31.1 Å². The van der Waals surface area contributed by atoms with Crippen LogP contribution < -0.4 is 15.0 Å². The van der Waals surface area contributed by atoms with Gasteiger partial charge in [0.25, 0.3) is 5.91 Å². The number of amides is 4. The Hall–Kier alpha value is -4.42. The summed E-state index contributed by atoms with van der Waals surface area (Å²) in [6, 6.07) is 4.15. The zero-order valence-electron chi connectivity index (χ0n) is 26.7. The van der Waals surface area contributed by atoms with Crippen LogP contribution in [-0.2, 0) is 47.7 Å². The Balaban J connectivity index is 1.86. The first-order chi connectivity index (χ1) is 22.7. The Labute approximate surface area is 286 Å². The number of benzene rings is 1. The predicted octanol–water partition coefficient (Wildman–Crippen LogP) is 2.16. The monoisotopic (exact) mass is 719 g/mol. The number of carbonyl (C=O) groups is 7. The number of ether oxygens (including phenoxy) is 5. The summed E-state index contributed by atoms with van der Waals surface area (Å²) in [5.74, 6) is -4.74. The molecule has 5 rings (SSSR count). The molecule has 15 nitrogen and oxygen atoms in total. The van der Waals surface area contributed by atoms with Gasteiger partial charge >= 0.3 is 29.9 Å². The fourth-order valence-corrected chi connectivity index (χ4v) is 10.8. The van der Waals surface area contributed by atoms with Crippen molar-refractivity contribution in [3.8, 4) is 5.75 Å². The van der Waals surface area contributed by atoms with Crippen molar-refractivity contribution in [1.29, 1.82) is 0 Å². The van der Waals surface area contributed by atoms with Crippen molar-refractivity contribution in [3.05, 3.63) is 49.0 Å². The van der Waals surface area contributed by atoms with Crippen molar-refractivity contribution < 1.29 is 57.2 Å². The van der Waals surface area contributed by atoms with E-state index in [9.17, 15) is 33.6 Å². The summed E-state index contributed by atoms with van der Waals surface area (Å²) in [7, 11) is 5.87. The maximum Gasteiger partial charge on any atom is 0.345 e. The lowest BCUT2D eigenvalue weighted by molar-refractivity contribution is -0.138. The highest BCUT2D eigenvalue weighted by Crippen LogP contribution is 2.71. The van der Waals surface area contributed by atoms with Crippen molar-refractivity contribution in [2.75, 3.05) is 53.5 Å². The largest absolute Gasteiger partial charge is 0.495 e. The van der Waals surface area contributed by atoms with E-state index in [1.54, 1.807) is 32.0 Å². The van der Waals surface area contributed by atoms with Crippen molar-refractivity contribution in [1.82, 2.24) is 10.2 Å². The standard InChI is InChI=1S/C30H29N3O12S3/c1-29(2)23-17(13-9-8-10-14(41-3)19(13)33(29)16(35)12-32-15(34)11-31-28(32)40)30(18(24(36)42-4)20(46-23)25(37)43-5)47-21(26(38)44-6)22(48-30)27(39)45-7/h8-10H,11-12H2,1-7H3,(H,31,40). The van der Waals surface area contributed by atoms with Gasteiger partial charge in [-0.3, -0.25) is 19.4 Å². The van der Waals surface area contributed by atoms with Gasteiger partial charge in [0.05, 0.1) is 58.9 Å². The molecule has 254 valence electrons. The van der Waals surface area contributed by atoms with Crippen molar-refractivity contribution in [2.45, 2.75) is 23.5 Å². The minimum absolute atomic E-state index is 0.196. The van der Waals surface area contributed by atoms with Gasteiger partial charge in [0.15, 0.2) is 0 Å². The molecule has 0 aromatic heterocycles. The van der Waals surface area contributed by atoms with Gasteiger partial charge in [0.2, 0.25) is 5.91 Å². The van der Waals surface area contributed by atoms with E-state index in [4.69, 9.17) is 23.7 Å². The van der Waals surface area contributed by atoms with E-state index in [0.29, 0.717) is 16.0 Å². The molecule has 1 N–H and O–H groups in total. The van der Waals surface area contributed by atoms with Crippen molar-refractivity contribution in [3.63, 3.8) is 0 Å². The molecule has 0 unspecified atom stereocenters. The SMILES string of the molecule is COC(=O)C1=C(C(=O)OC)SC2(S1)C(C(=O)OC)=C(C(=O)OC)SC1=C2c2cccc(OC)c2N(C(=O)CN2C(=O)CNC2=O)C1(C)C. The smallest absolute Gasteiger partial charge is 0.345 e. The molecule has 4 aliphatic rings. The molecule has 0 saturated carbocycles. The fourth-order valence-electron chi connectivity index (χ4n) is 5.74. The number of para-hydroxylation sites is 1. The van der Waals surface area contributed by atoms with Gasteiger partial charge in [-0.2, -0.15) is 0 Å². The lowest BCUT2D eigenvalue weighted by atomic mass is 9.83. The topological polar surface area (TPSA) is 184 Å². The number of fused-ring (bicyclic) bond motifs is 3. The van der Waals surface area contributed by atoms with Crippen LogP contribution in [0.15, 0.2) is 43.4 Å². The summed E-state index contributed by atoms with van der Waals surface area (Å²) in [6.07, 6.45) is 0. The maximum absolute atomic E-state index is 14.3.